The molecule has 1 fully saturated rings. The lowest BCUT2D eigenvalue weighted by atomic mass is 9.70. The summed E-state index contributed by atoms with van der Waals surface area (Å²) in [7, 11) is 0. The van der Waals surface area contributed by atoms with Gasteiger partial charge in [-0.1, -0.05) is 17.7 Å². The van der Waals surface area contributed by atoms with E-state index in [1.54, 1.807) is 23.8 Å². The van der Waals surface area contributed by atoms with Crippen molar-refractivity contribution in [1.82, 2.24) is 15.4 Å². The molecule has 2 aliphatic rings. The summed E-state index contributed by atoms with van der Waals surface area (Å²) < 4.78 is 0.489. The average molecular weight is 392 g/mol. The van der Waals surface area contributed by atoms with Gasteiger partial charge >= 0.3 is 0 Å². The summed E-state index contributed by atoms with van der Waals surface area (Å²) >= 11 is 7.29. The highest BCUT2D eigenvalue weighted by atomic mass is 35.5. The topological polar surface area (TPSA) is 82.5 Å². The molecular weight excluding hydrogens is 374 g/mol. The molecule has 1 aromatic heterocycles. The summed E-state index contributed by atoms with van der Waals surface area (Å²) in [5.74, 6) is -0.362. The molecule has 0 bridgehead atoms. The van der Waals surface area contributed by atoms with Crippen molar-refractivity contribution in [3.05, 3.63) is 50.4 Å². The molecule has 4 rings (SSSR count). The Bertz CT molecular complexity index is 884. The number of nitrogens with zero attached hydrogens (tertiary/aromatic N) is 2. The molecule has 1 aliphatic carbocycles. The second kappa shape index (κ2) is 6.64. The van der Waals surface area contributed by atoms with Crippen LogP contribution in [0.2, 0.25) is 4.47 Å². The van der Waals surface area contributed by atoms with Crippen LogP contribution in [0.25, 0.3) is 0 Å². The number of hydroxylamine groups is 1. The first-order valence-electron chi connectivity index (χ1n) is 8.46. The summed E-state index contributed by atoms with van der Waals surface area (Å²) in [6.45, 7) is 1.27. The van der Waals surface area contributed by atoms with E-state index in [1.807, 2.05) is 11.0 Å². The summed E-state index contributed by atoms with van der Waals surface area (Å²) in [5, 5.41) is 8.84. The van der Waals surface area contributed by atoms with Crippen LogP contribution in [0.3, 0.4) is 0 Å². The van der Waals surface area contributed by atoms with Crippen molar-refractivity contribution in [3.8, 4) is 0 Å². The Hall–Kier alpha value is -1.96. The third-order valence-electron chi connectivity index (χ3n) is 5.44. The minimum atomic E-state index is -0.533. The highest BCUT2D eigenvalue weighted by Crippen LogP contribution is 2.44. The smallest absolute Gasteiger partial charge is 0.274 e. The summed E-state index contributed by atoms with van der Waals surface area (Å²) in [6, 6.07) is 5.42. The minimum absolute atomic E-state index is 0.171. The van der Waals surface area contributed by atoms with Gasteiger partial charge in [0.15, 0.2) is 4.47 Å². The van der Waals surface area contributed by atoms with Crippen LogP contribution in [0.1, 0.15) is 39.2 Å². The lowest BCUT2D eigenvalue weighted by Crippen LogP contribution is -2.38. The number of aryl methyl sites for hydroxylation is 1. The zero-order valence-corrected chi connectivity index (χ0v) is 15.6. The van der Waals surface area contributed by atoms with Crippen LogP contribution in [0.4, 0.5) is 0 Å². The van der Waals surface area contributed by atoms with Crippen molar-refractivity contribution in [2.24, 2.45) is 5.41 Å². The third kappa shape index (κ3) is 3.00. The molecule has 1 aromatic carbocycles. The fourth-order valence-corrected chi connectivity index (χ4v) is 5.05. The molecule has 8 heteroatoms. The van der Waals surface area contributed by atoms with Crippen LogP contribution in [0.15, 0.2) is 24.4 Å². The van der Waals surface area contributed by atoms with E-state index in [4.69, 9.17) is 16.8 Å². The molecule has 136 valence electrons. The number of hydrogen-bond donors (Lipinski definition) is 2. The van der Waals surface area contributed by atoms with E-state index < -0.39 is 11.3 Å². The maximum absolute atomic E-state index is 13.1. The molecule has 26 heavy (non-hydrogen) atoms. The van der Waals surface area contributed by atoms with Gasteiger partial charge in [0.1, 0.15) is 0 Å². The van der Waals surface area contributed by atoms with Gasteiger partial charge in [0.05, 0.1) is 12.0 Å². The van der Waals surface area contributed by atoms with Crippen LogP contribution < -0.4 is 5.48 Å². The number of hydrogen-bond acceptors (Lipinski definition) is 5. The van der Waals surface area contributed by atoms with Gasteiger partial charge in [-0.25, -0.2) is 10.5 Å². The minimum Gasteiger partial charge on any atom is -0.337 e. The Morgan fingerprint density at radius 1 is 1.38 bits per heavy atom. The maximum Gasteiger partial charge on any atom is 0.274 e. The Kier molecular flexibility index (Phi) is 4.46. The van der Waals surface area contributed by atoms with Crippen molar-refractivity contribution in [2.75, 3.05) is 6.54 Å². The maximum atomic E-state index is 13.1. The summed E-state index contributed by atoms with van der Waals surface area (Å²) in [6.07, 6.45) is 4.82. The van der Waals surface area contributed by atoms with E-state index in [0.29, 0.717) is 23.0 Å². The molecule has 2 amide bonds. The highest BCUT2D eigenvalue weighted by Gasteiger charge is 2.48. The summed E-state index contributed by atoms with van der Waals surface area (Å²) in [4.78, 5) is 31.7. The number of halogens is 1. The summed E-state index contributed by atoms with van der Waals surface area (Å²) in [5.41, 5.74) is 3.87. The Morgan fingerprint density at radius 2 is 2.23 bits per heavy atom. The third-order valence-corrected chi connectivity index (χ3v) is 6.54. The number of fused-ring (bicyclic) bond motifs is 1. The zero-order chi connectivity index (χ0) is 18.3. The molecule has 1 atom stereocenters. The highest BCUT2D eigenvalue weighted by molar-refractivity contribution is 7.15. The molecule has 6 nitrogen and oxygen atoms in total. The molecule has 2 N–H and O–H groups in total. The fraction of sp³-hybridized carbons (Fsp3) is 0.389. The van der Waals surface area contributed by atoms with Gasteiger partial charge in [-0.05, 0) is 48.9 Å². The quantitative estimate of drug-likeness (QED) is 0.622. The van der Waals surface area contributed by atoms with Gasteiger partial charge in [-0.15, -0.1) is 11.3 Å². The number of amides is 2. The first-order chi connectivity index (χ1) is 12.5. The number of rotatable bonds is 3. The van der Waals surface area contributed by atoms with E-state index >= 15 is 0 Å². The van der Waals surface area contributed by atoms with E-state index in [0.717, 1.165) is 36.2 Å². The Balaban J connectivity index is 1.55. The molecule has 0 radical (unpaired) electrons. The molecular formula is C18H18ClN3O3S. The predicted octanol–water partition coefficient (Wildman–Crippen LogP) is 2.82. The monoisotopic (exact) mass is 391 g/mol. The van der Waals surface area contributed by atoms with Crippen molar-refractivity contribution < 1.29 is 14.8 Å². The van der Waals surface area contributed by atoms with E-state index in [1.165, 1.54) is 16.9 Å². The molecule has 0 saturated carbocycles. The van der Waals surface area contributed by atoms with Crippen molar-refractivity contribution in [1.29, 1.82) is 0 Å². The van der Waals surface area contributed by atoms with E-state index in [-0.39, 0.29) is 5.91 Å². The molecule has 0 unspecified atom stereocenters. The molecule has 1 saturated heterocycles. The van der Waals surface area contributed by atoms with Crippen molar-refractivity contribution in [2.45, 2.75) is 32.2 Å². The lowest BCUT2D eigenvalue weighted by Gasteiger charge is -2.33. The Labute approximate surface area is 159 Å². The van der Waals surface area contributed by atoms with Crippen molar-refractivity contribution >= 4 is 34.8 Å². The largest absolute Gasteiger partial charge is 0.337 e. The van der Waals surface area contributed by atoms with Gasteiger partial charge in [-0.3, -0.25) is 14.8 Å². The van der Waals surface area contributed by atoms with Crippen LogP contribution in [0.5, 0.6) is 0 Å². The van der Waals surface area contributed by atoms with Gasteiger partial charge in [-0.2, -0.15) is 0 Å². The second-order valence-corrected chi connectivity index (χ2v) is 8.64. The van der Waals surface area contributed by atoms with Gasteiger partial charge < -0.3 is 4.90 Å². The number of aromatic nitrogens is 1. The normalized spacial score (nSPS) is 21.9. The number of benzene rings is 1. The van der Waals surface area contributed by atoms with Crippen LogP contribution in [0, 0.1) is 5.41 Å². The van der Waals surface area contributed by atoms with Crippen molar-refractivity contribution in [3.63, 3.8) is 0 Å². The van der Waals surface area contributed by atoms with E-state index in [9.17, 15) is 9.59 Å². The van der Waals surface area contributed by atoms with Crippen LogP contribution >= 0.6 is 22.9 Å². The number of thiazole rings is 1. The number of carbonyl (C=O) groups excluding carboxylic acids is 2. The first kappa shape index (κ1) is 17.5. The standard InChI is InChI=1S/C18H18ClN3O3S/c19-17-20-9-14(26-17)10-22-6-5-18(16(22)24)4-3-11-1-2-12(15(23)21-25)7-13(11)8-18/h1-2,7,9,25H,3-6,8,10H2,(H,21,23)/t18-/m1/s1. The second-order valence-electron chi connectivity index (χ2n) is 6.94. The predicted molar refractivity (Wildman–Crippen MR) is 97.3 cm³/mol. The Morgan fingerprint density at radius 3 is 2.96 bits per heavy atom. The zero-order valence-electron chi connectivity index (χ0n) is 14.0. The molecule has 2 aromatic rings. The van der Waals surface area contributed by atoms with Crippen LogP contribution in [-0.2, 0) is 24.2 Å². The number of nitrogens with one attached hydrogen (secondary N) is 1. The molecule has 1 spiro atoms. The van der Waals surface area contributed by atoms with E-state index in [2.05, 4.69) is 4.98 Å². The SMILES string of the molecule is O=C(NO)c1ccc2c(c1)C[C@@]1(CC2)CCN(Cc2cnc(Cl)s2)C1=O. The fourth-order valence-electron chi connectivity index (χ4n) is 4.05. The number of likely N-dealkylation sites (tertiary alicyclic amines) is 1. The van der Waals surface area contributed by atoms with Gasteiger partial charge in [0, 0.05) is 23.2 Å². The number of carbonyl (C=O) groups is 2. The van der Waals surface area contributed by atoms with Gasteiger partial charge in [0.25, 0.3) is 5.91 Å². The molecule has 1 aliphatic heterocycles. The molecule has 2 heterocycles. The van der Waals surface area contributed by atoms with Gasteiger partial charge in [0.2, 0.25) is 5.91 Å². The van der Waals surface area contributed by atoms with Crippen LogP contribution in [-0.4, -0.2) is 33.5 Å². The average Bonchev–Trinajstić information content (AvgIpc) is 3.19. The first-order valence-corrected chi connectivity index (χ1v) is 9.66. The lowest BCUT2D eigenvalue weighted by molar-refractivity contribution is -0.137.